The third-order valence-corrected chi connectivity index (χ3v) is 6.74. The smallest absolute Gasteiger partial charge is 0.298 e. The van der Waals surface area contributed by atoms with Crippen LogP contribution in [0.4, 0.5) is 13.2 Å². The summed E-state index contributed by atoms with van der Waals surface area (Å²) in [5, 5.41) is 0. The lowest BCUT2D eigenvalue weighted by atomic mass is 9.83. The third kappa shape index (κ3) is 4.79. The van der Waals surface area contributed by atoms with Gasteiger partial charge in [-0.3, -0.25) is 9.59 Å². The van der Waals surface area contributed by atoms with Gasteiger partial charge >= 0.3 is 5.51 Å². The lowest BCUT2D eigenvalue weighted by Gasteiger charge is -2.32. The van der Waals surface area contributed by atoms with Crippen LogP contribution in [-0.2, 0) is 9.59 Å². The Morgan fingerprint density at radius 1 is 1.07 bits per heavy atom. The topological polar surface area (TPSA) is 37.4 Å². The fourth-order valence-corrected chi connectivity index (χ4v) is 5.48. The van der Waals surface area contributed by atoms with Gasteiger partial charge in [0.05, 0.1) is 0 Å². The van der Waals surface area contributed by atoms with Gasteiger partial charge in [0.1, 0.15) is 11.7 Å². The molecule has 2 atom stereocenters. The van der Waals surface area contributed by atoms with Crippen molar-refractivity contribution in [3.05, 3.63) is 34.4 Å². The zero-order valence-corrected chi connectivity index (χ0v) is 17.3. The molecule has 2 unspecified atom stereocenters. The van der Waals surface area contributed by atoms with E-state index in [0.29, 0.717) is 32.4 Å². The molecule has 1 aromatic carbocycles. The Hall–Kier alpha value is -1.34. The molecule has 0 aromatic heterocycles. The molecule has 0 amide bonds. The molecule has 0 radical (unpaired) electrons. The number of hydrogen-bond acceptors (Lipinski definition) is 4. The van der Waals surface area contributed by atoms with Crippen molar-refractivity contribution in [1.29, 1.82) is 0 Å². The van der Waals surface area contributed by atoms with Gasteiger partial charge < -0.3 is 0 Å². The molecule has 154 valence electrons. The second kappa shape index (κ2) is 8.19. The van der Waals surface area contributed by atoms with Crippen molar-refractivity contribution < 1.29 is 22.8 Å². The highest BCUT2D eigenvalue weighted by atomic mass is 32.2. The second-order valence-electron chi connectivity index (χ2n) is 8.16. The first-order valence-corrected chi connectivity index (χ1v) is 10.5. The molecule has 7 heteroatoms. The number of carbonyl (C=O) groups excluding carboxylic acids is 2. The second-order valence-corrected chi connectivity index (χ2v) is 9.32. The van der Waals surface area contributed by atoms with Crippen LogP contribution < -0.4 is 0 Å². The van der Waals surface area contributed by atoms with Crippen molar-refractivity contribution in [2.75, 3.05) is 13.1 Å². The first-order valence-electron chi connectivity index (χ1n) is 9.70. The molecule has 0 bridgehead atoms. The summed E-state index contributed by atoms with van der Waals surface area (Å²) in [5.41, 5.74) is -0.349. The van der Waals surface area contributed by atoms with E-state index in [2.05, 4.69) is 0 Å². The molecule has 3 rings (SSSR count). The van der Waals surface area contributed by atoms with Gasteiger partial charge in [-0.05, 0) is 62.6 Å². The summed E-state index contributed by atoms with van der Waals surface area (Å²) in [6.07, 6.45) is 2.13. The number of ketones is 2. The summed E-state index contributed by atoms with van der Waals surface area (Å²) >= 11 is -0.0623. The predicted molar refractivity (Wildman–Crippen MR) is 104 cm³/mol. The first-order chi connectivity index (χ1) is 13.0. The number of alkyl halides is 3. The van der Waals surface area contributed by atoms with Crippen molar-refractivity contribution in [3.8, 4) is 0 Å². The maximum atomic E-state index is 13.0. The zero-order valence-electron chi connectivity index (χ0n) is 16.4. The van der Waals surface area contributed by atoms with E-state index in [1.54, 1.807) is 0 Å². The molecule has 1 heterocycles. The molecule has 1 aromatic rings. The largest absolute Gasteiger partial charge is 0.456 e. The Kier molecular flexibility index (Phi) is 6.25. The van der Waals surface area contributed by atoms with Crippen molar-refractivity contribution in [2.45, 2.75) is 57.9 Å². The minimum atomic E-state index is -4.25. The highest BCUT2D eigenvalue weighted by molar-refractivity contribution is 7.97. The average molecular weight is 414 g/mol. The Bertz CT molecular complexity index is 746. The van der Waals surface area contributed by atoms with Crippen LogP contribution in [0.25, 0.3) is 0 Å². The highest BCUT2D eigenvalue weighted by Crippen LogP contribution is 2.41. The lowest BCUT2D eigenvalue weighted by molar-refractivity contribution is -0.125. The van der Waals surface area contributed by atoms with Crippen LogP contribution >= 0.6 is 11.9 Å². The number of aryl methyl sites for hydroxylation is 3. The van der Waals surface area contributed by atoms with E-state index < -0.39 is 11.4 Å². The van der Waals surface area contributed by atoms with Crippen molar-refractivity contribution in [2.24, 2.45) is 11.8 Å². The van der Waals surface area contributed by atoms with E-state index in [4.69, 9.17) is 0 Å². The Labute approximate surface area is 168 Å². The van der Waals surface area contributed by atoms with E-state index in [1.807, 2.05) is 32.9 Å². The maximum Gasteiger partial charge on any atom is 0.456 e. The number of benzene rings is 1. The van der Waals surface area contributed by atoms with Gasteiger partial charge in [-0.2, -0.15) is 13.2 Å². The molecule has 1 saturated heterocycles. The molecule has 0 spiro atoms. The summed E-state index contributed by atoms with van der Waals surface area (Å²) in [4.78, 5) is 25.7. The van der Waals surface area contributed by atoms with E-state index in [1.165, 1.54) is 4.31 Å². The molecule has 3 nitrogen and oxygen atoms in total. The van der Waals surface area contributed by atoms with E-state index in [0.717, 1.165) is 22.3 Å². The van der Waals surface area contributed by atoms with Crippen molar-refractivity contribution >= 4 is 23.5 Å². The molecule has 28 heavy (non-hydrogen) atoms. The summed E-state index contributed by atoms with van der Waals surface area (Å²) in [5.74, 6) is -0.802. The van der Waals surface area contributed by atoms with Crippen LogP contribution in [0.2, 0.25) is 0 Å². The number of halogens is 3. The summed E-state index contributed by atoms with van der Waals surface area (Å²) in [7, 11) is 0. The van der Waals surface area contributed by atoms with E-state index in [-0.39, 0.29) is 41.8 Å². The highest BCUT2D eigenvalue weighted by Gasteiger charge is 2.44. The van der Waals surface area contributed by atoms with Crippen LogP contribution in [0.5, 0.6) is 0 Å². The quantitative estimate of drug-likeness (QED) is 0.507. The fourth-order valence-electron chi connectivity index (χ4n) is 4.79. The number of nitrogens with zero attached hydrogens (tertiary/aromatic N) is 1. The van der Waals surface area contributed by atoms with Crippen molar-refractivity contribution in [3.63, 3.8) is 0 Å². The van der Waals surface area contributed by atoms with Gasteiger partial charge in [0.15, 0.2) is 5.78 Å². The molecule has 1 aliphatic carbocycles. The number of piperidine rings is 1. The standard InChI is InChI=1S/C21H26F3NO2S/c1-12-8-13(2)18(14(3)9-12)19-17(26)11-16(20(19)27)10-15-4-6-25(7-5-15)28-21(22,23)24/h8-9,15-16,19H,4-7,10-11H2,1-3H3. The molecule has 2 aliphatic rings. The summed E-state index contributed by atoms with van der Waals surface area (Å²) in [6, 6.07) is 4.01. The Morgan fingerprint density at radius 2 is 1.64 bits per heavy atom. The van der Waals surface area contributed by atoms with Gasteiger partial charge in [0.25, 0.3) is 0 Å². The molecule has 1 aliphatic heterocycles. The zero-order chi connectivity index (χ0) is 20.6. The van der Waals surface area contributed by atoms with E-state index >= 15 is 0 Å². The van der Waals surface area contributed by atoms with Crippen LogP contribution in [0.1, 0.15) is 53.9 Å². The van der Waals surface area contributed by atoms with Crippen molar-refractivity contribution in [1.82, 2.24) is 4.31 Å². The van der Waals surface area contributed by atoms with Gasteiger partial charge in [-0.1, -0.05) is 17.7 Å². The SMILES string of the molecule is Cc1cc(C)c(C2C(=O)CC(CC3CCN(SC(F)(F)F)CC3)C2=O)c(C)c1. The molecule has 1 saturated carbocycles. The number of rotatable bonds is 4. The summed E-state index contributed by atoms with van der Waals surface area (Å²) < 4.78 is 38.8. The minimum Gasteiger partial charge on any atom is -0.298 e. The van der Waals surface area contributed by atoms with E-state index in [9.17, 15) is 22.8 Å². The average Bonchev–Trinajstić information content (AvgIpc) is 2.82. The van der Waals surface area contributed by atoms with Crippen LogP contribution in [0.3, 0.4) is 0 Å². The number of hydrogen-bond donors (Lipinski definition) is 0. The fraction of sp³-hybridized carbons (Fsp3) is 0.619. The Balaban J connectivity index is 1.64. The third-order valence-electron chi connectivity index (χ3n) is 5.91. The summed E-state index contributed by atoms with van der Waals surface area (Å²) in [6.45, 7) is 6.61. The lowest BCUT2D eigenvalue weighted by Crippen LogP contribution is -2.32. The molecular formula is C21H26F3NO2S. The molecule has 2 fully saturated rings. The van der Waals surface area contributed by atoms with Gasteiger partial charge in [0, 0.05) is 37.4 Å². The first kappa shape index (κ1) is 21.4. The monoisotopic (exact) mass is 413 g/mol. The van der Waals surface area contributed by atoms with Crippen LogP contribution in [-0.4, -0.2) is 34.5 Å². The number of Topliss-reactive ketones (excluding diaryl/α,β-unsaturated/α-hetero) is 2. The van der Waals surface area contributed by atoms with Gasteiger partial charge in [-0.15, -0.1) is 0 Å². The molecular weight excluding hydrogens is 387 g/mol. The van der Waals surface area contributed by atoms with Crippen LogP contribution in [0, 0.1) is 32.6 Å². The number of carbonyl (C=O) groups is 2. The molecule has 0 N–H and O–H groups in total. The predicted octanol–water partition coefficient (Wildman–Crippen LogP) is 5.12. The van der Waals surface area contributed by atoms with Crippen LogP contribution in [0.15, 0.2) is 12.1 Å². The van der Waals surface area contributed by atoms with Gasteiger partial charge in [0.2, 0.25) is 0 Å². The maximum absolute atomic E-state index is 13.0. The normalized spacial score (nSPS) is 24.9. The minimum absolute atomic E-state index is 0.00727. The van der Waals surface area contributed by atoms with Gasteiger partial charge in [-0.25, -0.2) is 4.31 Å². The Morgan fingerprint density at radius 3 is 2.18 bits per heavy atom.